The molecule has 0 amide bonds. The summed E-state index contributed by atoms with van der Waals surface area (Å²) < 4.78 is 10.6. The van der Waals surface area contributed by atoms with E-state index in [2.05, 4.69) is 24.0 Å². The summed E-state index contributed by atoms with van der Waals surface area (Å²) >= 11 is 0. The molecule has 1 aromatic carbocycles. The first kappa shape index (κ1) is 15.3. The highest BCUT2D eigenvalue weighted by Crippen LogP contribution is 2.29. The van der Waals surface area contributed by atoms with Crippen LogP contribution in [0.1, 0.15) is 23.6 Å². The van der Waals surface area contributed by atoms with Crippen molar-refractivity contribution in [2.24, 2.45) is 11.7 Å². The summed E-state index contributed by atoms with van der Waals surface area (Å²) in [7, 11) is 3.48. The molecule has 0 aliphatic carbocycles. The summed E-state index contributed by atoms with van der Waals surface area (Å²) in [6.07, 6.45) is 1.19. The average Bonchev–Trinajstić information content (AvgIpc) is 2.89. The summed E-state index contributed by atoms with van der Waals surface area (Å²) in [4.78, 5) is 2.48. The molecule has 1 aliphatic rings. The molecule has 0 aromatic heterocycles. The van der Waals surface area contributed by atoms with E-state index < -0.39 is 0 Å². The van der Waals surface area contributed by atoms with Crippen molar-refractivity contribution in [1.29, 1.82) is 0 Å². The van der Waals surface area contributed by atoms with Gasteiger partial charge in [-0.1, -0.05) is 12.1 Å². The lowest BCUT2D eigenvalue weighted by Crippen LogP contribution is -2.32. The van der Waals surface area contributed by atoms with Crippen LogP contribution in [0.2, 0.25) is 0 Å². The Hall–Kier alpha value is -1.10. The minimum absolute atomic E-state index is 0.293. The molecule has 4 heteroatoms. The van der Waals surface area contributed by atoms with E-state index in [0.717, 1.165) is 31.0 Å². The number of benzene rings is 1. The van der Waals surface area contributed by atoms with Gasteiger partial charge in [-0.25, -0.2) is 0 Å². The molecule has 0 radical (unpaired) electrons. The number of ether oxygens (including phenoxy) is 2. The van der Waals surface area contributed by atoms with Crippen molar-refractivity contribution < 1.29 is 9.47 Å². The average molecular weight is 278 g/mol. The Morgan fingerprint density at radius 2 is 2.20 bits per heavy atom. The van der Waals surface area contributed by atoms with Crippen LogP contribution in [0.5, 0.6) is 5.75 Å². The summed E-state index contributed by atoms with van der Waals surface area (Å²) in [6.45, 7) is 5.73. The van der Waals surface area contributed by atoms with Crippen molar-refractivity contribution in [1.82, 2.24) is 4.90 Å². The number of rotatable bonds is 6. The first-order valence-electron chi connectivity index (χ1n) is 7.27. The van der Waals surface area contributed by atoms with Gasteiger partial charge < -0.3 is 15.2 Å². The molecular formula is C16H26N2O2. The SMILES string of the molecule is COCC1CCN(C(CN)c2ccc(OC)c(C)c2)C1. The van der Waals surface area contributed by atoms with E-state index in [1.165, 1.54) is 12.0 Å². The third-order valence-electron chi connectivity index (χ3n) is 4.19. The van der Waals surface area contributed by atoms with Crippen LogP contribution < -0.4 is 10.5 Å². The van der Waals surface area contributed by atoms with Crippen LogP contribution in [-0.2, 0) is 4.74 Å². The molecule has 1 fully saturated rings. The Bertz CT molecular complexity index is 436. The molecular weight excluding hydrogens is 252 g/mol. The highest BCUT2D eigenvalue weighted by Gasteiger charge is 2.28. The lowest BCUT2D eigenvalue weighted by Gasteiger charge is -2.27. The lowest BCUT2D eigenvalue weighted by molar-refractivity contribution is 0.147. The fraction of sp³-hybridized carbons (Fsp3) is 0.625. The van der Waals surface area contributed by atoms with E-state index >= 15 is 0 Å². The first-order valence-corrected chi connectivity index (χ1v) is 7.27. The maximum atomic E-state index is 6.02. The van der Waals surface area contributed by atoms with Crippen molar-refractivity contribution in [2.45, 2.75) is 19.4 Å². The standard InChI is InChI=1S/C16H26N2O2/c1-12-8-14(4-5-16(12)20-3)15(9-17)18-7-6-13(10-18)11-19-2/h4-5,8,13,15H,6-7,9-11,17H2,1-3H3. The highest BCUT2D eigenvalue weighted by molar-refractivity contribution is 5.37. The summed E-state index contributed by atoms with van der Waals surface area (Å²) in [5, 5.41) is 0. The maximum absolute atomic E-state index is 6.02. The summed E-state index contributed by atoms with van der Waals surface area (Å²) in [5.41, 5.74) is 8.46. The van der Waals surface area contributed by atoms with Crippen LogP contribution in [0, 0.1) is 12.8 Å². The molecule has 0 saturated carbocycles. The van der Waals surface area contributed by atoms with Gasteiger partial charge >= 0.3 is 0 Å². The Balaban J connectivity index is 2.10. The minimum atomic E-state index is 0.293. The minimum Gasteiger partial charge on any atom is -0.496 e. The first-order chi connectivity index (χ1) is 9.69. The predicted octanol–water partition coefficient (Wildman–Crippen LogP) is 1.97. The molecule has 0 bridgehead atoms. The van der Waals surface area contributed by atoms with Gasteiger partial charge in [0.1, 0.15) is 5.75 Å². The Labute approximate surface area is 121 Å². The van der Waals surface area contributed by atoms with Gasteiger partial charge in [-0.15, -0.1) is 0 Å². The summed E-state index contributed by atoms with van der Waals surface area (Å²) in [6, 6.07) is 6.66. The second-order valence-electron chi connectivity index (χ2n) is 5.59. The van der Waals surface area contributed by atoms with Gasteiger partial charge in [0.15, 0.2) is 0 Å². The highest BCUT2D eigenvalue weighted by atomic mass is 16.5. The normalized spacial score (nSPS) is 21.1. The molecule has 1 heterocycles. The number of likely N-dealkylation sites (tertiary alicyclic amines) is 1. The van der Waals surface area contributed by atoms with Gasteiger partial charge in [0.2, 0.25) is 0 Å². The van der Waals surface area contributed by atoms with Gasteiger partial charge in [-0.05, 0) is 43.0 Å². The van der Waals surface area contributed by atoms with Crippen LogP contribution in [0.25, 0.3) is 0 Å². The molecule has 2 atom stereocenters. The quantitative estimate of drug-likeness (QED) is 0.864. The van der Waals surface area contributed by atoms with Gasteiger partial charge in [0, 0.05) is 26.2 Å². The van der Waals surface area contributed by atoms with Gasteiger partial charge in [-0.3, -0.25) is 4.90 Å². The van der Waals surface area contributed by atoms with E-state index in [0.29, 0.717) is 18.5 Å². The van der Waals surface area contributed by atoms with Crippen LogP contribution in [0.4, 0.5) is 0 Å². The Morgan fingerprint density at radius 1 is 1.40 bits per heavy atom. The third kappa shape index (κ3) is 3.32. The molecule has 2 N–H and O–H groups in total. The van der Waals surface area contributed by atoms with E-state index in [1.54, 1.807) is 14.2 Å². The molecule has 1 aliphatic heterocycles. The smallest absolute Gasteiger partial charge is 0.121 e. The van der Waals surface area contributed by atoms with Crippen LogP contribution in [0.15, 0.2) is 18.2 Å². The summed E-state index contributed by atoms with van der Waals surface area (Å²) in [5.74, 6) is 1.57. The zero-order valence-electron chi connectivity index (χ0n) is 12.8. The van der Waals surface area contributed by atoms with E-state index in [9.17, 15) is 0 Å². The predicted molar refractivity (Wildman–Crippen MR) is 81.1 cm³/mol. The van der Waals surface area contributed by atoms with Gasteiger partial charge in [0.25, 0.3) is 0 Å². The Morgan fingerprint density at radius 3 is 2.80 bits per heavy atom. The van der Waals surface area contributed by atoms with E-state index in [-0.39, 0.29) is 0 Å². The second kappa shape index (κ2) is 7.07. The molecule has 4 nitrogen and oxygen atoms in total. The zero-order chi connectivity index (χ0) is 14.5. The third-order valence-corrected chi connectivity index (χ3v) is 4.19. The zero-order valence-corrected chi connectivity index (χ0v) is 12.8. The number of hydrogen-bond donors (Lipinski definition) is 1. The molecule has 20 heavy (non-hydrogen) atoms. The fourth-order valence-corrected chi connectivity index (χ4v) is 3.12. The van der Waals surface area contributed by atoms with Crippen LogP contribution in [0.3, 0.4) is 0 Å². The van der Waals surface area contributed by atoms with Crippen molar-refractivity contribution in [2.75, 3.05) is 40.5 Å². The van der Waals surface area contributed by atoms with E-state index in [4.69, 9.17) is 15.2 Å². The lowest BCUT2D eigenvalue weighted by atomic mass is 10.0. The van der Waals surface area contributed by atoms with Crippen molar-refractivity contribution >= 4 is 0 Å². The number of aryl methyl sites for hydroxylation is 1. The van der Waals surface area contributed by atoms with Crippen LogP contribution >= 0.6 is 0 Å². The molecule has 1 saturated heterocycles. The number of nitrogens with zero attached hydrogens (tertiary/aromatic N) is 1. The largest absolute Gasteiger partial charge is 0.496 e. The van der Waals surface area contributed by atoms with Crippen LogP contribution in [-0.4, -0.2) is 45.4 Å². The second-order valence-corrected chi connectivity index (χ2v) is 5.59. The van der Waals surface area contributed by atoms with Crippen molar-refractivity contribution in [3.63, 3.8) is 0 Å². The topological polar surface area (TPSA) is 47.7 Å². The molecule has 112 valence electrons. The monoisotopic (exact) mass is 278 g/mol. The number of nitrogens with two attached hydrogens (primary N) is 1. The number of hydrogen-bond acceptors (Lipinski definition) is 4. The van der Waals surface area contributed by atoms with Crippen molar-refractivity contribution in [3.05, 3.63) is 29.3 Å². The molecule has 0 spiro atoms. The van der Waals surface area contributed by atoms with Crippen molar-refractivity contribution in [3.8, 4) is 5.75 Å². The van der Waals surface area contributed by atoms with Gasteiger partial charge in [0.05, 0.1) is 13.7 Å². The molecule has 2 rings (SSSR count). The van der Waals surface area contributed by atoms with E-state index in [1.807, 2.05) is 6.07 Å². The Kier molecular flexibility index (Phi) is 5.40. The fourth-order valence-electron chi connectivity index (χ4n) is 3.12. The number of methoxy groups -OCH3 is 2. The molecule has 2 unspecified atom stereocenters. The van der Waals surface area contributed by atoms with Gasteiger partial charge in [-0.2, -0.15) is 0 Å². The molecule has 1 aromatic rings. The maximum Gasteiger partial charge on any atom is 0.121 e.